The minimum absolute atomic E-state index is 0.313. The maximum absolute atomic E-state index is 13.4. The van der Waals surface area contributed by atoms with Crippen LogP contribution >= 0.6 is 0 Å². The van der Waals surface area contributed by atoms with E-state index in [-0.39, 0.29) is 12.2 Å². The van der Waals surface area contributed by atoms with Gasteiger partial charge in [0.15, 0.2) is 11.4 Å². The van der Waals surface area contributed by atoms with Crippen LogP contribution in [0.2, 0.25) is 0 Å². The molecular weight excluding hydrogens is 438 g/mol. The first-order valence-electron chi connectivity index (χ1n) is 11.6. The second-order valence-corrected chi connectivity index (χ2v) is 8.61. The molecule has 1 N–H and O–H groups in total. The summed E-state index contributed by atoms with van der Waals surface area (Å²) in [5.41, 5.74) is 0.726. The fourth-order valence-electron chi connectivity index (χ4n) is 4.45. The van der Waals surface area contributed by atoms with Crippen LogP contribution in [0.15, 0.2) is 109 Å². The van der Waals surface area contributed by atoms with Crippen molar-refractivity contribution in [3.8, 4) is 11.5 Å². The highest BCUT2D eigenvalue weighted by Crippen LogP contribution is 2.43. The molecule has 4 aromatic rings. The van der Waals surface area contributed by atoms with Crippen LogP contribution in [-0.2, 0) is 16.8 Å². The van der Waals surface area contributed by atoms with E-state index < -0.39 is 11.5 Å². The maximum atomic E-state index is 13.4. The molecule has 1 atom stereocenters. The molecule has 0 bridgehead atoms. The maximum Gasteiger partial charge on any atom is 0.264 e. The zero-order chi connectivity index (χ0) is 24.3. The van der Waals surface area contributed by atoms with E-state index >= 15 is 0 Å². The van der Waals surface area contributed by atoms with Gasteiger partial charge in [-0.25, -0.2) is 0 Å². The summed E-state index contributed by atoms with van der Waals surface area (Å²) < 4.78 is 5.79. The number of hydrogen-bond acceptors (Lipinski definition) is 4. The number of rotatable bonds is 8. The number of nitrogens with zero attached hydrogens (tertiary/aromatic N) is 1. The van der Waals surface area contributed by atoms with E-state index in [4.69, 9.17) is 4.74 Å². The van der Waals surface area contributed by atoms with Crippen molar-refractivity contribution in [1.29, 1.82) is 0 Å². The Labute approximate surface area is 204 Å². The molecule has 0 saturated heterocycles. The first kappa shape index (κ1) is 22.6. The first-order valence-corrected chi connectivity index (χ1v) is 11.6. The second kappa shape index (κ2) is 9.57. The van der Waals surface area contributed by atoms with Crippen molar-refractivity contribution in [2.24, 2.45) is 0 Å². The van der Waals surface area contributed by atoms with Gasteiger partial charge in [-0.1, -0.05) is 66.7 Å². The molecule has 1 aliphatic heterocycles. The Morgan fingerprint density at radius 3 is 2.09 bits per heavy atom. The molecule has 0 aromatic heterocycles. The number of amides is 1. The number of anilines is 1. The molecule has 4 aromatic carbocycles. The predicted octanol–water partition coefficient (Wildman–Crippen LogP) is 5.53. The van der Waals surface area contributed by atoms with Crippen LogP contribution in [0.5, 0.6) is 11.5 Å². The molecule has 1 heterocycles. The highest BCUT2D eigenvalue weighted by Gasteiger charge is 2.50. The average molecular weight is 464 g/mol. The zero-order valence-corrected chi connectivity index (χ0v) is 19.1. The molecule has 0 aliphatic carbocycles. The molecule has 1 aliphatic rings. The quantitative estimate of drug-likeness (QED) is 0.349. The van der Waals surface area contributed by atoms with Crippen LogP contribution in [0.4, 0.5) is 5.69 Å². The fraction of sp³-hybridized carbons (Fsp3) is 0.133. The van der Waals surface area contributed by atoms with Gasteiger partial charge < -0.3 is 14.7 Å². The van der Waals surface area contributed by atoms with Crippen LogP contribution < -0.4 is 9.64 Å². The van der Waals surface area contributed by atoms with Crippen LogP contribution in [-0.4, -0.2) is 23.3 Å². The van der Waals surface area contributed by atoms with Gasteiger partial charge in [-0.15, -0.1) is 0 Å². The van der Waals surface area contributed by atoms with Gasteiger partial charge in [0, 0.05) is 17.7 Å². The van der Waals surface area contributed by atoms with Gasteiger partial charge in [-0.3, -0.25) is 9.59 Å². The molecule has 0 saturated carbocycles. The predicted molar refractivity (Wildman–Crippen MR) is 135 cm³/mol. The first-order chi connectivity index (χ1) is 17.0. The van der Waals surface area contributed by atoms with E-state index in [1.165, 1.54) is 0 Å². The summed E-state index contributed by atoms with van der Waals surface area (Å²) in [6.45, 7) is 0.419. The highest BCUT2D eigenvalue weighted by atomic mass is 16.5. The van der Waals surface area contributed by atoms with E-state index in [0.29, 0.717) is 41.3 Å². The number of ketones is 1. The third-order valence-electron chi connectivity index (χ3n) is 6.28. The smallest absolute Gasteiger partial charge is 0.264 e. The molecule has 5 nitrogen and oxygen atoms in total. The summed E-state index contributed by atoms with van der Waals surface area (Å²) in [6.07, 6.45) is 0.317. The lowest BCUT2D eigenvalue weighted by Crippen LogP contribution is -2.42. The lowest BCUT2D eigenvalue weighted by molar-refractivity contribution is -0.135. The number of fused-ring (bicyclic) bond motifs is 1. The number of ether oxygens (including phenoxy) is 1. The minimum atomic E-state index is -1.90. The molecule has 0 fully saturated rings. The van der Waals surface area contributed by atoms with E-state index in [9.17, 15) is 14.7 Å². The standard InChI is InChI=1S/C30H25NO4/c32-28(23-15-17-25(18-16-23)35-24-11-5-2-6-12-24)21-30(34)26-13-7-8-14-27(26)31(29(30)33)20-19-22-9-3-1-4-10-22/h1-18,34H,19-21H2. The normalized spacial score (nSPS) is 16.7. The summed E-state index contributed by atoms with van der Waals surface area (Å²) in [5.74, 6) is 0.518. The van der Waals surface area contributed by atoms with Gasteiger partial charge in [0.05, 0.1) is 12.1 Å². The number of hydrogen-bond donors (Lipinski definition) is 1. The Balaban J connectivity index is 1.33. The van der Waals surface area contributed by atoms with Crippen molar-refractivity contribution in [3.05, 3.63) is 126 Å². The fourth-order valence-corrected chi connectivity index (χ4v) is 4.45. The van der Waals surface area contributed by atoms with Gasteiger partial charge in [-0.2, -0.15) is 0 Å². The Morgan fingerprint density at radius 2 is 1.37 bits per heavy atom. The summed E-state index contributed by atoms with van der Waals surface area (Å²) in [5, 5.41) is 11.5. The lowest BCUT2D eigenvalue weighted by Gasteiger charge is -2.23. The number of carbonyl (C=O) groups is 2. The third kappa shape index (κ3) is 4.59. The molecule has 35 heavy (non-hydrogen) atoms. The molecule has 1 amide bonds. The summed E-state index contributed by atoms with van der Waals surface area (Å²) >= 11 is 0. The van der Waals surface area contributed by atoms with E-state index in [1.54, 1.807) is 41.3 Å². The van der Waals surface area contributed by atoms with Crippen molar-refractivity contribution in [3.63, 3.8) is 0 Å². The number of benzene rings is 4. The molecular formula is C30H25NO4. The Hall–Kier alpha value is -4.22. The van der Waals surface area contributed by atoms with Gasteiger partial charge >= 0.3 is 0 Å². The van der Waals surface area contributed by atoms with Crippen LogP contribution in [0.1, 0.15) is 27.9 Å². The second-order valence-electron chi connectivity index (χ2n) is 8.61. The monoisotopic (exact) mass is 463 g/mol. The molecule has 0 radical (unpaired) electrons. The zero-order valence-electron chi connectivity index (χ0n) is 19.1. The summed E-state index contributed by atoms with van der Waals surface area (Å²) in [6, 6.07) is 33.1. The minimum Gasteiger partial charge on any atom is -0.457 e. The lowest BCUT2D eigenvalue weighted by atomic mass is 9.88. The number of para-hydroxylation sites is 2. The molecule has 5 rings (SSSR count). The van der Waals surface area contributed by atoms with Crippen LogP contribution in [0.3, 0.4) is 0 Å². The van der Waals surface area contributed by atoms with Crippen molar-refractivity contribution in [2.75, 3.05) is 11.4 Å². The van der Waals surface area contributed by atoms with Crippen molar-refractivity contribution >= 4 is 17.4 Å². The molecule has 174 valence electrons. The third-order valence-corrected chi connectivity index (χ3v) is 6.28. The molecule has 0 spiro atoms. The highest BCUT2D eigenvalue weighted by molar-refractivity contribution is 6.10. The van der Waals surface area contributed by atoms with Crippen molar-refractivity contribution < 1.29 is 19.4 Å². The number of aliphatic hydroxyl groups is 1. The number of Topliss-reactive ketones (excluding diaryl/α,β-unsaturated/α-hetero) is 1. The number of carbonyl (C=O) groups excluding carboxylic acids is 2. The molecule has 5 heteroatoms. The van der Waals surface area contributed by atoms with E-state index in [0.717, 1.165) is 5.56 Å². The van der Waals surface area contributed by atoms with Crippen LogP contribution in [0.25, 0.3) is 0 Å². The van der Waals surface area contributed by atoms with Gasteiger partial charge in [0.1, 0.15) is 11.5 Å². The van der Waals surface area contributed by atoms with Gasteiger partial charge in [0.2, 0.25) is 0 Å². The Morgan fingerprint density at radius 1 is 0.771 bits per heavy atom. The topological polar surface area (TPSA) is 66.8 Å². The SMILES string of the molecule is O=C(CC1(O)C(=O)N(CCc2ccccc2)c2ccccc21)c1ccc(Oc2ccccc2)cc1. The van der Waals surface area contributed by atoms with Gasteiger partial charge in [-0.05, 0) is 54.4 Å². The average Bonchev–Trinajstić information content (AvgIpc) is 3.10. The summed E-state index contributed by atoms with van der Waals surface area (Å²) in [7, 11) is 0. The van der Waals surface area contributed by atoms with Crippen molar-refractivity contribution in [2.45, 2.75) is 18.4 Å². The molecule has 1 unspecified atom stereocenters. The van der Waals surface area contributed by atoms with Crippen LogP contribution in [0, 0.1) is 0 Å². The Kier molecular flexibility index (Phi) is 6.17. The Bertz CT molecular complexity index is 1340. The van der Waals surface area contributed by atoms with Crippen molar-refractivity contribution in [1.82, 2.24) is 0 Å². The van der Waals surface area contributed by atoms with E-state index in [1.807, 2.05) is 72.8 Å². The van der Waals surface area contributed by atoms with Gasteiger partial charge in [0.25, 0.3) is 5.91 Å². The largest absolute Gasteiger partial charge is 0.457 e. The van der Waals surface area contributed by atoms with E-state index in [2.05, 4.69) is 0 Å². The summed E-state index contributed by atoms with van der Waals surface area (Å²) in [4.78, 5) is 28.2.